The van der Waals surface area contributed by atoms with Gasteiger partial charge in [-0.2, -0.15) is 0 Å². The number of likely N-dealkylation sites (N-methyl/N-ethyl adjacent to an activating group) is 1. The summed E-state index contributed by atoms with van der Waals surface area (Å²) < 4.78 is 0. The first-order valence-corrected chi connectivity index (χ1v) is 6.36. The molecule has 0 bridgehead atoms. The van der Waals surface area contributed by atoms with Crippen molar-refractivity contribution in [2.24, 2.45) is 0 Å². The van der Waals surface area contributed by atoms with Crippen molar-refractivity contribution in [2.75, 3.05) is 20.1 Å². The Morgan fingerprint density at radius 3 is 2.94 bits per heavy atom. The topological polar surface area (TPSA) is 52.6 Å². The molecule has 1 aliphatic rings. The van der Waals surface area contributed by atoms with Crippen LogP contribution in [0, 0.1) is 6.92 Å². The number of rotatable bonds is 3. The quantitative estimate of drug-likeness (QED) is 0.853. The van der Waals surface area contributed by atoms with Gasteiger partial charge in [-0.15, -0.1) is 0 Å². The summed E-state index contributed by atoms with van der Waals surface area (Å²) in [6.07, 6.45) is 2.28. The van der Waals surface area contributed by atoms with Gasteiger partial charge in [0.15, 0.2) is 0 Å². The smallest absolute Gasteiger partial charge is 0.257 e. The zero-order valence-corrected chi connectivity index (χ0v) is 10.9. The second-order valence-electron chi connectivity index (χ2n) is 5.00. The minimum Gasteiger partial charge on any atom is -0.507 e. The lowest BCUT2D eigenvalue weighted by molar-refractivity contribution is 0.0781. The number of aromatic hydroxyl groups is 1. The van der Waals surface area contributed by atoms with E-state index in [-0.39, 0.29) is 11.7 Å². The highest BCUT2D eigenvalue weighted by atomic mass is 16.3. The first-order valence-electron chi connectivity index (χ1n) is 6.36. The molecule has 0 aliphatic carbocycles. The lowest BCUT2D eigenvalue weighted by Crippen LogP contribution is -2.38. The van der Waals surface area contributed by atoms with E-state index in [2.05, 4.69) is 5.32 Å². The molecule has 1 saturated heterocycles. The molecule has 2 N–H and O–H groups in total. The third-order valence-corrected chi connectivity index (χ3v) is 3.39. The summed E-state index contributed by atoms with van der Waals surface area (Å²) in [5.74, 6) is -0.0626. The maximum Gasteiger partial charge on any atom is 0.257 e. The van der Waals surface area contributed by atoms with Crippen molar-refractivity contribution in [3.8, 4) is 5.75 Å². The van der Waals surface area contributed by atoms with Crippen LogP contribution in [0.5, 0.6) is 5.75 Å². The van der Waals surface area contributed by atoms with E-state index >= 15 is 0 Å². The van der Waals surface area contributed by atoms with Gasteiger partial charge < -0.3 is 15.3 Å². The number of phenolic OH excluding ortho intramolecular Hbond substituents is 1. The first-order chi connectivity index (χ1) is 8.58. The highest BCUT2D eigenvalue weighted by molar-refractivity contribution is 5.96. The van der Waals surface area contributed by atoms with Crippen molar-refractivity contribution < 1.29 is 9.90 Å². The zero-order chi connectivity index (χ0) is 13.1. The molecule has 0 aromatic heterocycles. The number of phenols is 1. The average Bonchev–Trinajstić information content (AvgIpc) is 2.81. The van der Waals surface area contributed by atoms with E-state index in [9.17, 15) is 9.90 Å². The van der Waals surface area contributed by atoms with E-state index in [1.807, 2.05) is 13.0 Å². The van der Waals surface area contributed by atoms with Crippen LogP contribution in [-0.4, -0.2) is 42.1 Å². The summed E-state index contributed by atoms with van der Waals surface area (Å²) in [7, 11) is 1.78. The SMILES string of the molecule is Cc1ccc(C(=O)N(C)CC2CCCN2)c(O)c1. The van der Waals surface area contributed by atoms with Crippen LogP contribution in [0.15, 0.2) is 18.2 Å². The van der Waals surface area contributed by atoms with Crippen LogP contribution in [0.2, 0.25) is 0 Å². The van der Waals surface area contributed by atoms with E-state index in [0.29, 0.717) is 18.2 Å². The Balaban J connectivity index is 2.05. The van der Waals surface area contributed by atoms with Gasteiger partial charge in [-0.3, -0.25) is 4.79 Å². The maximum absolute atomic E-state index is 12.2. The average molecular weight is 248 g/mol. The number of amides is 1. The van der Waals surface area contributed by atoms with Gasteiger partial charge in [0.25, 0.3) is 5.91 Å². The Morgan fingerprint density at radius 2 is 2.33 bits per heavy atom. The van der Waals surface area contributed by atoms with Gasteiger partial charge in [-0.05, 0) is 44.0 Å². The van der Waals surface area contributed by atoms with Crippen molar-refractivity contribution in [2.45, 2.75) is 25.8 Å². The van der Waals surface area contributed by atoms with E-state index < -0.39 is 0 Å². The molecular weight excluding hydrogens is 228 g/mol. The van der Waals surface area contributed by atoms with Crippen LogP contribution in [0.25, 0.3) is 0 Å². The number of benzene rings is 1. The number of carbonyl (C=O) groups is 1. The Morgan fingerprint density at radius 1 is 1.56 bits per heavy atom. The highest BCUT2D eigenvalue weighted by Gasteiger charge is 2.21. The van der Waals surface area contributed by atoms with Crippen molar-refractivity contribution in [3.05, 3.63) is 29.3 Å². The fourth-order valence-electron chi connectivity index (χ4n) is 2.35. The monoisotopic (exact) mass is 248 g/mol. The third-order valence-electron chi connectivity index (χ3n) is 3.39. The standard InChI is InChI=1S/C14H20N2O2/c1-10-5-6-12(13(17)8-10)14(18)16(2)9-11-4-3-7-15-11/h5-6,8,11,15,17H,3-4,7,9H2,1-2H3. The molecule has 4 nitrogen and oxygen atoms in total. The van der Waals surface area contributed by atoms with Gasteiger partial charge in [-0.1, -0.05) is 6.07 Å². The number of nitrogens with one attached hydrogen (secondary N) is 1. The van der Waals surface area contributed by atoms with Crippen LogP contribution in [-0.2, 0) is 0 Å². The minimum atomic E-state index is -0.124. The molecular formula is C14H20N2O2. The third kappa shape index (κ3) is 2.82. The van der Waals surface area contributed by atoms with E-state index in [4.69, 9.17) is 0 Å². The molecule has 0 spiro atoms. The molecule has 4 heteroatoms. The number of nitrogens with zero attached hydrogens (tertiary/aromatic N) is 1. The second-order valence-corrected chi connectivity index (χ2v) is 5.00. The molecule has 1 atom stereocenters. The number of aryl methyl sites for hydroxylation is 1. The number of carbonyl (C=O) groups excluding carboxylic acids is 1. The summed E-state index contributed by atoms with van der Waals surface area (Å²) >= 11 is 0. The minimum absolute atomic E-state index is 0.0613. The summed E-state index contributed by atoms with van der Waals surface area (Å²) in [6, 6.07) is 5.53. The summed E-state index contributed by atoms with van der Waals surface area (Å²) in [5, 5.41) is 13.2. The molecule has 2 rings (SSSR count). The molecule has 1 heterocycles. The fourth-order valence-corrected chi connectivity index (χ4v) is 2.35. The van der Waals surface area contributed by atoms with Crippen LogP contribution < -0.4 is 5.32 Å². The maximum atomic E-state index is 12.2. The molecule has 18 heavy (non-hydrogen) atoms. The second kappa shape index (κ2) is 5.40. The summed E-state index contributed by atoms with van der Waals surface area (Å²) in [5.41, 5.74) is 1.32. The van der Waals surface area contributed by atoms with E-state index in [0.717, 1.165) is 18.5 Å². The molecule has 98 valence electrons. The van der Waals surface area contributed by atoms with Crippen LogP contribution >= 0.6 is 0 Å². The van der Waals surface area contributed by atoms with Crippen LogP contribution in [0.4, 0.5) is 0 Å². The van der Waals surface area contributed by atoms with Gasteiger partial charge in [0.2, 0.25) is 0 Å². The van der Waals surface area contributed by atoms with Crippen molar-refractivity contribution >= 4 is 5.91 Å². The zero-order valence-electron chi connectivity index (χ0n) is 10.9. The van der Waals surface area contributed by atoms with Crippen molar-refractivity contribution in [1.29, 1.82) is 0 Å². The molecule has 0 radical (unpaired) electrons. The Kier molecular flexibility index (Phi) is 3.87. The summed E-state index contributed by atoms with van der Waals surface area (Å²) in [6.45, 7) is 3.61. The fraction of sp³-hybridized carbons (Fsp3) is 0.500. The number of hydrogen-bond acceptors (Lipinski definition) is 3. The first kappa shape index (κ1) is 12.9. The van der Waals surface area contributed by atoms with Crippen LogP contribution in [0.1, 0.15) is 28.8 Å². The van der Waals surface area contributed by atoms with Crippen LogP contribution in [0.3, 0.4) is 0 Å². The Labute approximate surface area is 108 Å². The molecule has 0 saturated carbocycles. The van der Waals surface area contributed by atoms with Gasteiger partial charge in [-0.25, -0.2) is 0 Å². The molecule has 1 fully saturated rings. The predicted octanol–water partition coefficient (Wildman–Crippen LogP) is 1.52. The molecule has 1 amide bonds. The Hall–Kier alpha value is -1.55. The van der Waals surface area contributed by atoms with Crippen molar-refractivity contribution in [3.63, 3.8) is 0 Å². The van der Waals surface area contributed by atoms with E-state index in [1.165, 1.54) is 6.42 Å². The molecule has 1 unspecified atom stereocenters. The normalized spacial score (nSPS) is 18.9. The van der Waals surface area contributed by atoms with Crippen molar-refractivity contribution in [1.82, 2.24) is 10.2 Å². The van der Waals surface area contributed by atoms with Gasteiger partial charge in [0.05, 0.1) is 5.56 Å². The van der Waals surface area contributed by atoms with Gasteiger partial charge >= 0.3 is 0 Å². The highest BCUT2D eigenvalue weighted by Crippen LogP contribution is 2.20. The Bertz CT molecular complexity index is 439. The molecule has 1 aromatic rings. The predicted molar refractivity (Wildman–Crippen MR) is 70.8 cm³/mol. The van der Waals surface area contributed by atoms with E-state index in [1.54, 1.807) is 24.1 Å². The lowest BCUT2D eigenvalue weighted by atomic mass is 10.1. The molecule has 1 aliphatic heterocycles. The lowest BCUT2D eigenvalue weighted by Gasteiger charge is -2.21. The number of hydrogen-bond donors (Lipinski definition) is 2. The molecule has 1 aromatic carbocycles. The largest absolute Gasteiger partial charge is 0.507 e. The van der Waals surface area contributed by atoms with Gasteiger partial charge in [0, 0.05) is 19.6 Å². The van der Waals surface area contributed by atoms with Gasteiger partial charge in [0.1, 0.15) is 5.75 Å². The summed E-state index contributed by atoms with van der Waals surface area (Å²) in [4.78, 5) is 13.9.